The zero-order chi connectivity index (χ0) is 10.9. The van der Waals surface area contributed by atoms with E-state index in [1.807, 2.05) is 0 Å². The molecule has 0 atom stereocenters. The van der Waals surface area contributed by atoms with E-state index < -0.39 is 5.97 Å². The number of carboxylic acids is 1. The first-order valence-electron chi connectivity index (χ1n) is 6.04. The number of carbonyl (C=O) groups is 1. The summed E-state index contributed by atoms with van der Waals surface area (Å²) in [5, 5.41) is 8.90. The van der Waals surface area contributed by atoms with E-state index in [2.05, 4.69) is 11.8 Å². The van der Waals surface area contributed by atoms with Crippen LogP contribution in [0.1, 0.15) is 39.0 Å². The van der Waals surface area contributed by atoms with Crippen LogP contribution in [0.5, 0.6) is 0 Å². The van der Waals surface area contributed by atoms with Crippen LogP contribution >= 0.6 is 0 Å². The van der Waals surface area contributed by atoms with Gasteiger partial charge in [0, 0.05) is 6.54 Å². The molecule has 0 spiro atoms. The Morgan fingerprint density at radius 1 is 1.40 bits per heavy atom. The van der Waals surface area contributed by atoms with Crippen LogP contribution in [0.3, 0.4) is 0 Å². The summed E-state index contributed by atoms with van der Waals surface area (Å²) in [7, 11) is 0. The maximum absolute atomic E-state index is 10.8. The van der Waals surface area contributed by atoms with Gasteiger partial charge in [-0.15, -0.1) is 0 Å². The summed E-state index contributed by atoms with van der Waals surface area (Å²) in [6.45, 7) is 5.50. The molecule has 0 aromatic carbocycles. The number of aliphatic carboxylic acids is 1. The van der Waals surface area contributed by atoms with Gasteiger partial charge >= 0.3 is 5.97 Å². The maximum atomic E-state index is 10.8. The molecule has 1 aliphatic heterocycles. The highest BCUT2D eigenvalue weighted by molar-refractivity contribution is 5.70. The SMILES string of the molecule is CC1(CN2CCC(C(=O)O)CC2)CCC1. The molecular formula is C12H21NO2. The molecule has 0 aromatic rings. The Bertz CT molecular complexity index is 240. The summed E-state index contributed by atoms with van der Waals surface area (Å²) in [5.74, 6) is -0.694. The van der Waals surface area contributed by atoms with Gasteiger partial charge in [0.25, 0.3) is 0 Å². The molecule has 1 heterocycles. The van der Waals surface area contributed by atoms with Crippen molar-refractivity contribution in [3.8, 4) is 0 Å². The largest absolute Gasteiger partial charge is 0.481 e. The van der Waals surface area contributed by atoms with Crippen LogP contribution in [0.2, 0.25) is 0 Å². The number of piperidine rings is 1. The third-order valence-corrected chi connectivity index (χ3v) is 4.10. The van der Waals surface area contributed by atoms with Crippen molar-refractivity contribution in [2.45, 2.75) is 39.0 Å². The van der Waals surface area contributed by atoms with Gasteiger partial charge < -0.3 is 10.0 Å². The molecule has 0 aromatic heterocycles. The molecule has 0 unspecified atom stereocenters. The molecule has 2 aliphatic rings. The highest BCUT2D eigenvalue weighted by Gasteiger charge is 2.35. The van der Waals surface area contributed by atoms with E-state index in [1.165, 1.54) is 25.8 Å². The van der Waals surface area contributed by atoms with Crippen LogP contribution in [-0.4, -0.2) is 35.6 Å². The Kier molecular flexibility index (Phi) is 3.01. The summed E-state index contributed by atoms with van der Waals surface area (Å²) < 4.78 is 0. The molecule has 0 amide bonds. The van der Waals surface area contributed by atoms with Crippen LogP contribution in [0.25, 0.3) is 0 Å². The van der Waals surface area contributed by atoms with Gasteiger partial charge in [-0.25, -0.2) is 0 Å². The van der Waals surface area contributed by atoms with Crippen LogP contribution in [0.4, 0.5) is 0 Å². The molecule has 0 bridgehead atoms. The molecule has 0 radical (unpaired) electrons. The van der Waals surface area contributed by atoms with E-state index in [0.29, 0.717) is 5.41 Å². The second-order valence-electron chi connectivity index (χ2n) is 5.55. The molecule has 2 rings (SSSR count). The fourth-order valence-corrected chi connectivity index (χ4v) is 2.82. The predicted molar refractivity (Wildman–Crippen MR) is 58.8 cm³/mol. The highest BCUT2D eigenvalue weighted by atomic mass is 16.4. The maximum Gasteiger partial charge on any atom is 0.306 e. The van der Waals surface area contributed by atoms with Crippen molar-refractivity contribution in [1.29, 1.82) is 0 Å². The second kappa shape index (κ2) is 4.12. The van der Waals surface area contributed by atoms with Crippen molar-refractivity contribution >= 4 is 5.97 Å². The Labute approximate surface area is 91.5 Å². The van der Waals surface area contributed by atoms with Gasteiger partial charge in [-0.2, -0.15) is 0 Å². The molecule has 1 saturated heterocycles. The molecule has 2 fully saturated rings. The third-order valence-electron chi connectivity index (χ3n) is 4.10. The quantitative estimate of drug-likeness (QED) is 0.776. The predicted octanol–water partition coefficient (Wildman–Crippen LogP) is 1.97. The molecule has 3 nitrogen and oxygen atoms in total. The molecule has 3 heteroatoms. The van der Waals surface area contributed by atoms with Crippen LogP contribution in [-0.2, 0) is 4.79 Å². The lowest BCUT2D eigenvalue weighted by atomic mass is 9.70. The number of rotatable bonds is 3. The lowest BCUT2D eigenvalue weighted by Gasteiger charge is -2.44. The fraction of sp³-hybridized carbons (Fsp3) is 0.917. The van der Waals surface area contributed by atoms with Crippen molar-refractivity contribution in [2.75, 3.05) is 19.6 Å². The zero-order valence-corrected chi connectivity index (χ0v) is 9.54. The van der Waals surface area contributed by atoms with Crippen molar-refractivity contribution in [3.63, 3.8) is 0 Å². The fourth-order valence-electron chi connectivity index (χ4n) is 2.82. The first-order chi connectivity index (χ1) is 7.09. The van der Waals surface area contributed by atoms with E-state index in [0.717, 1.165) is 25.9 Å². The van der Waals surface area contributed by atoms with Gasteiger partial charge in [0.05, 0.1) is 5.92 Å². The van der Waals surface area contributed by atoms with Gasteiger partial charge in [0.15, 0.2) is 0 Å². The van der Waals surface area contributed by atoms with E-state index in [4.69, 9.17) is 5.11 Å². The number of carboxylic acid groups (broad SMARTS) is 1. The minimum absolute atomic E-state index is 0.0875. The van der Waals surface area contributed by atoms with Crippen LogP contribution < -0.4 is 0 Å². The summed E-state index contributed by atoms with van der Waals surface area (Å²) in [6.07, 6.45) is 5.76. The van der Waals surface area contributed by atoms with E-state index in [1.54, 1.807) is 0 Å². The summed E-state index contributed by atoms with van der Waals surface area (Å²) in [6, 6.07) is 0. The minimum atomic E-state index is -0.607. The minimum Gasteiger partial charge on any atom is -0.481 e. The first kappa shape index (κ1) is 10.9. The lowest BCUT2D eigenvalue weighted by Crippen LogP contribution is -2.44. The number of nitrogens with zero attached hydrogens (tertiary/aromatic N) is 1. The average Bonchev–Trinajstić information content (AvgIpc) is 2.16. The topological polar surface area (TPSA) is 40.5 Å². The van der Waals surface area contributed by atoms with Crippen molar-refractivity contribution in [2.24, 2.45) is 11.3 Å². The normalized spacial score (nSPS) is 27.3. The number of hydrogen-bond acceptors (Lipinski definition) is 2. The molecular weight excluding hydrogens is 190 g/mol. The number of hydrogen-bond donors (Lipinski definition) is 1. The Morgan fingerprint density at radius 2 is 2.00 bits per heavy atom. The lowest BCUT2D eigenvalue weighted by molar-refractivity contribution is -0.143. The Balaban J connectivity index is 1.76. The van der Waals surface area contributed by atoms with E-state index >= 15 is 0 Å². The summed E-state index contributed by atoms with van der Waals surface area (Å²) >= 11 is 0. The number of likely N-dealkylation sites (tertiary alicyclic amines) is 1. The van der Waals surface area contributed by atoms with Crippen molar-refractivity contribution in [3.05, 3.63) is 0 Å². The van der Waals surface area contributed by atoms with E-state index in [-0.39, 0.29) is 5.92 Å². The average molecular weight is 211 g/mol. The monoisotopic (exact) mass is 211 g/mol. The van der Waals surface area contributed by atoms with Gasteiger partial charge in [-0.05, 0) is 44.2 Å². The summed E-state index contributed by atoms with van der Waals surface area (Å²) in [4.78, 5) is 13.3. The first-order valence-corrected chi connectivity index (χ1v) is 6.04. The molecule has 1 saturated carbocycles. The van der Waals surface area contributed by atoms with Crippen LogP contribution in [0, 0.1) is 11.3 Å². The van der Waals surface area contributed by atoms with Gasteiger partial charge in [-0.3, -0.25) is 4.79 Å². The summed E-state index contributed by atoms with van der Waals surface area (Å²) in [5.41, 5.74) is 0.538. The third kappa shape index (κ3) is 2.51. The van der Waals surface area contributed by atoms with Crippen molar-refractivity contribution in [1.82, 2.24) is 4.90 Å². The molecule has 1 aliphatic carbocycles. The molecule has 15 heavy (non-hydrogen) atoms. The molecule has 1 N–H and O–H groups in total. The van der Waals surface area contributed by atoms with Crippen molar-refractivity contribution < 1.29 is 9.90 Å². The second-order valence-corrected chi connectivity index (χ2v) is 5.55. The van der Waals surface area contributed by atoms with Crippen LogP contribution in [0.15, 0.2) is 0 Å². The Morgan fingerprint density at radius 3 is 2.40 bits per heavy atom. The standard InChI is InChI=1S/C12H21NO2/c1-12(5-2-6-12)9-13-7-3-10(4-8-13)11(14)15/h10H,2-9H2,1H3,(H,14,15). The van der Waals surface area contributed by atoms with Gasteiger partial charge in [0.2, 0.25) is 0 Å². The molecule has 86 valence electrons. The van der Waals surface area contributed by atoms with Gasteiger partial charge in [-0.1, -0.05) is 13.3 Å². The zero-order valence-electron chi connectivity index (χ0n) is 9.54. The van der Waals surface area contributed by atoms with E-state index in [9.17, 15) is 4.79 Å². The van der Waals surface area contributed by atoms with Gasteiger partial charge in [0.1, 0.15) is 0 Å². The smallest absolute Gasteiger partial charge is 0.306 e. The Hall–Kier alpha value is -0.570. The highest BCUT2D eigenvalue weighted by Crippen LogP contribution is 2.41.